The van der Waals surface area contributed by atoms with Crippen molar-refractivity contribution in [3.8, 4) is 0 Å². The van der Waals surface area contributed by atoms with E-state index in [1.807, 2.05) is 0 Å². The van der Waals surface area contributed by atoms with Gasteiger partial charge in [-0.15, -0.1) is 9.24 Å². The summed E-state index contributed by atoms with van der Waals surface area (Å²) < 4.78 is 0. The molecule has 0 N–H and O–H groups in total. The zero-order valence-electron chi connectivity index (χ0n) is 4.01. The molecule has 0 radical (unpaired) electrons. The van der Waals surface area contributed by atoms with E-state index < -0.39 is 0 Å². The maximum Gasteiger partial charge on any atom is 0 e. The number of hydrogen-bond acceptors (Lipinski definition) is 0. The van der Waals surface area contributed by atoms with Crippen molar-refractivity contribution in [1.29, 1.82) is 0 Å². The van der Waals surface area contributed by atoms with Crippen LogP contribution in [0.1, 0.15) is 19.8 Å². The van der Waals surface area contributed by atoms with E-state index in [0.29, 0.717) is 0 Å². The van der Waals surface area contributed by atoms with Gasteiger partial charge < -0.3 is 0 Å². The third-order valence-electron chi connectivity index (χ3n) is 0.558. The topological polar surface area (TPSA) is 0 Å². The largest absolute Gasteiger partial charge is 0.138 e. The summed E-state index contributed by atoms with van der Waals surface area (Å²) in [6, 6.07) is 0. The summed E-state index contributed by atoms with van der Waals surface area (Å²) in [6.07, 6.45) is 3.94. The Morgan fingerprint density at radius 3 is 2.00 bits per heavy atom. The maximum atomic E-state index is 2.70. The van der Waals surface area contributed by atoms with Crippen LogP contribution in [0.25, 0.3) is 0 Å². The summed E-state index contributed by atoms with van der Waals surface area (Å²) in [6.45, 7) is 2.20. The van der Waals surface area contributed by atoms with Crippen LogP contribution < -0.4 is 0 Å². The molecular formula is C4H11PPd. The van der Waals surface area contributed by atoms with Gasteiger partial charge in [-0.25, -0.2) is 0 Å². The molecule has 0 nitrogen and oxygen atoms in total. The van der Waals surface area contributed by atoms with Crippen molar-refractivity contribution in [1.82, 2.24) is 0 Å². The van der Waals surface area contributed by atoms with Crippen LogP contribution in [0.2, 0.25) is 0 Å². The third kappa shape index (κ3) is 8.92. The van der Waals surface area contributed by atoms with Crippen molar-refractivity contribution in [2.24, 2.45) is 0 Å². The zero-order valence-corrected chi connectivity index (χ0v) is 6.72. The molecule has 0 heterocycles. The maximum absolute atomic E-state index is 2.70. The summed E-state index contributed by atoms with van der Waals surface area (Å²) in [5.41, 5.74) is 0. The average Bonchev–Trinajstić information content (AvgIpc) is 1.41. The van der Waals surface area contributed by atoms with Gasteiger partial charge in [-0.2, -0.15) is 0 Å². The van der Waals surface area contributed by atoms with Crippen LogP contribution in [0.3, 0.4) is 0 Å². The van der Waals surface area contributed by atoms with Crippen LogP contribution in [0.15, 0.2) is 0 Å². The molecule has 0 aliphatic rings. The van der Waals surface area contributed by atoms with E-state index in [0.717, 1.165) is 0 Å². The Morgan fingerprint density at radius 1 is 1.50 bits per heavy atom. The predicted molar refractivity (Wildman–Crippen MR) is 29.5 cm³/mol. The van der Waals surface area contributed by atoms with Gasteiger partial charge in [-0.3, -0.25) is 0 Å². The summed E-state index contributed by atoms with van der Waals surface area (Å²) in [7, 11) is 2.70. The van der Waals surface area contributed by atoms with Gasteiger partial charge in [0.05, 0.1) is 0 Å². The molecule has 0 aromatic carbocycles. The first kappa shape index (κ1) is 10.2. The molecular weight excluding hydrogens is 185 g/mol. The third-order valence-corrected chi connectivity index (χ3v) is 0.966. The molecule has 0 aliphatic carbocycles. The van der Waals surface area contributed by atoms with Crippen LogP contribution in [0.5, 0.6) is 0 Å². The molecule has 1 atom stereocenters. The standard InChI is InChI=1S/C4H11P.Pd/c1-2-3-4-5;/h2-5H2,1H3;. The minimum atomic E-state index is 0. The van der Waals surface area contributed by atoms with Gasteiger partial charge in [0.25, 0.3) is 0 Å². The van der Waals surface area contributed by atoms with E-state index in [9.17, 15) is 0 Å². The van der Waals surface area contributed by atoms with Crippen molar-refractivity contribution in [2.75, 3.05) is 6.16 Å². The molecule has 0 saturated carbocycles. The number of unbranched alkanes of at least 4 members (excludes halogenated alkanes) is 1. The van der Waals surface area contributed by atoms with Gasteiger partial charge in [0.2, 0.25) is 0 Å². The van der Waals surface area contributed by atoms with Crippen LogP contribution >= 0.6 is 9.24 Å². The van der Waals surface area contributed by atoms with E-state index in [1.54, 1.807) is 0 Å². The first-order valence-electron chi connectivity index (χ1n) is 2.12. The van der Waals surface area contributed by atoms with Crippen molar-refractivity contribution in [3.63, 3.8) is 0 Å². The van der Waals surface area contributed by atoms with Crippen molar-refractivity contribution in [3.05, 3.63) is 0 Å². The quantitative estimate of drug-likeness (QED) is 0.466. The SMILES string of the molecule is CCCCP.[Pd]. The van der Waals surface area contributed by atoms with Crippen LogP contribution in [-0.4, -0.2) is 6.16 Å². The molecule has 0 fully saturated rings. The molecule has 0 aromatic heterocycles. The fraction of sp³-hybridized carbons (Fsp3) is 1.00. The molecule has 0 amide bonds. The van der Waals surface area contributed by atoms with E-state index in [1.165, 1.54) is 19.0 Å². The molecule has 0 aliphatic heterocycles. The summed E-state index contributed by atoms with van der Waals surface area (Å²) >= 11 is 0. The smallest absolute Gasteiger partial charge is 0 e. The Hall–Kier alpha value is 1.09. The van der Waals surface area contributed by atoms with Gasteiger partial charge >= 0.3 is 0 Å². The van der Waals surface area contributed by atoms with Crippen molar-refractivity contribution >= 4 is 9.24 Å². The Bertz CT molecular complexity index is 15.0. The fourth-order valence-corrected chi connectivity index (χ4v) is 0.612. The predicted octanol–water partition coefficient (Wildman–Crippen LogP) is 1.66. The Morgan fingerprint density at radius 2 is 2.00 bits per heavy atom. The van der Waals surface area contributed by atoms with Crippen LogP contribution in [0, 0.1) is 0 Å². The monoisotopic (exact) mass is 196 g/mol. The van der Waals surface area contributed by atoms with Crippen molar-refractivity contribution < 1.29 is 20.4 Å². The first-order chi connectivity index (χ1) is 2.41. The summed E-state index contributed by atoms with van der Waals surface area (Å²) in [5, 5.41) is 0. The van der Waals surface area contributed by atoms with Gasteiger partial charge in [-0.05, 0) is 6.16 Å². The molecule has 6 heavy (non-hydrogen) atoms. The van der Waals surface area contributed by atoms with Gasteiger partial charge in [0.1, 0.15) is 0 Å². The van der Waals surface area contributed by atoms with E-state index in [2.05, 4.69) is 16.2 Å². The van der Waals surface area contributed by atoms with E-state index in [-0.39, 0.29) is 20.4 Å². The fourth-order valence-electron chi connectivity index (χ4n) is 0.204. The molecule has 0 spiro atoms. The molecule has 0 aromatic rings. The van der Waals surface area contributed by atoms with Gasteiger partial charge in [-0.1, -0.05) is 19.8 Å². The minimum absolute atomic E-state index is 0. The molecule has 2 heteroatoms. The second-order valence-corrected chi connectivity index (χ2v) is 1.72. The van der Waals surface area contributed by atoms with Gasteiger partial charge in [0, 0.05) is 20.4 Å². The number of hydrogen-bond donors (Lipinski definition) is 0. The Labute approximate surface area is 55.9 Å². The average molecular weight is 197 g/mol. The van der Waals surface area contributed by atoms with Crippen molar-refractivity contribution in [2.45, 2.75) is 19.8 Å². The number of rotatable bonds is 2. The van der Waals surface area contributed by atoms with Crippen LogP contribution in [0.4, 0.5) is 0 Å². The summed E-state index contributed by atoms with van der Waals surface area (Å²) in [4.78, 5) is 0. The normalized spacial score (nSPS) is 7.00. The zero-order chi connectivity index (χ0) is 4.12. The molecule has 1 unspecified atom stereocenters. The molecule has 0 bridgehead atoms. The summed E-state index contributed by atoms with van der Waals surface area (Å²) in [5.74, 6) is 0. The Balaban J connectivity index is 0. The van der Waals surface area contributed by atoms with Gasteiger partial charge in [0.15, 0.2) is 0 Å². The molecule has 42 valence electrons. The molecule has 0 rings (SSSR count). The molecule has 0 saturated heterocycles. The minimum Gasteiger partial charge on any atom is -0.138 e. The first-order valence-corrected chi connectivity index (χ1v) is 2.93. The van der Waals surface area contributed by atoms with Crippen LogP contribution in [-0.2, 0) is 20.4 Å². The second-order valence-electron chi connectivity index (χ2n) is 1.14. The Kier molecular flexibility index (Phi) is 16.0. The van der Waals surface area contributed by atoms with E-state index in [4.69, 9.17) is 0 Å². The second kappa shape index (κ2) is 9.43. The van der Waals surface area contributed by atoms with E-state index >= 15 is 0 Å².